The molecule has 1 aliphatic heterocycles. The lowest BCUT2D eigenvalue weighted by Gasteiger charge is -2.11. The standard InChI is InChI=1S/C12H16BrNO2S/c13-12-4-2-1-3-10(12)5-7-14-11-6-8-17(15,16)9-11/h1-4,11,14H,5-9H2. The van der Waals surface area contributed by atoms with E-state index in [1.807, 2.05) is 18.2 Å². The van der Waals surface area contributed by atoms with E-state index < -0.39 is 9.84 Å². The van der Waals surface area contributed by atoms with Crippen LogP contribution in [0.1, 0.15) is 12.0 Å². The lowest BCUT2D eigenvalue weighted by Crippen LogP contribution is -2.31. The van der Waals surface area contributed by atoms with Crippen LogP contribution in [-0.2, 0) is 16.3 Å². The van der Waals surface area contributed by atoms with Crippen LogP contribution in [0.15, 0.2) is 28.7 Å². The van der Waals surface area contributed by atoms with E-state index in [4.69, 9.17) is 0 Å². The molecule has 1 aliphatic rings. The van der Waals surface area contributed by atoms with E-state index in [2.05, 4.69) is 27.3 Å². The van der Waals surface area contributed by atoms with Gasteiger partial charge in [-0.15, -0.1) is 0 Å². The van der Waals surface area contributed by atoms with Crippen molar-refractivity contribution in [3.63, 3.8) is 0 Å². The minimum atomic E-state index is -2.77. The zero-order chi connectivity index (χ0) is 12.3. The Bertz CT molecular complexity index is 487. The van der Waals surface area contributed by atoms with Gasteiger partial charge in [0.05, 0.1) is 11.5 Å². The molecule has 0 aromatic heterocycles. The van der Waals surface area contributed by atoms with Gasteiger partial charge in [0.15, 0.2) is 9.84 Å². The molecule has 1 heterocycles. The Morgan fingerprint density at radius 3 is 2.76 bits per heavy atom. The first-order valence-corrected chi connectivity index (χ1v) is 8.35. The third kappa shape index (κ3) is 3.79. The van der Waals surface area contributed by atoms with Gasteiger partial charge in [-0.25, -0.2) is 8.42 Å². The largest absolute Gasteiger partial charge is 0.313 e. The molecule has 1 N–H and O–H groups in total. The number of nitrogens with one attached hydrogen (secondary N) is 1. The maximum absolute atomic E-state index is 11.3. The fraction of sp³-hybridized carbons (Fsp3) is 0.500. The molecule has 0 spiro atoms. The van der Waals surface area contributed by atoms with Gasteiger partial charge in [-0.3, -0.25) is 0 Å². The van der Waals surface area contributed by atoms with Gasteiger partial charge in [-0.2, -0.15) is 0 Å². The zero-order valence-corrected chi connectivity index (χ0v) is 11.9. The van der Waals surface area contributed by atoms with Gasteiger partial charge in [-0.05, 0) is 31.0 Å². The van der Waals surface area contributed by atoms with E-state index in [0.29, 0.717) is 11.5 Å². The Morgan fingerprint density at radius 1 is 1.35 bits per heavy atom. The number of hydrogen-bond acceptors (Lipinski definition) is 3. The summed E-state index contributed by atoms with van der Waals surface area (Å²) in [5.41, 5.74) is 1.25. The summed E-state index contributed by atoms with van der Waals surface area (Å²) >= 11 is 3.50. The second-order valence-corrected chi connectivity index (χ2v) is 7.48. The minimum Gasteiger partial charge on any atom is -0.313 e. The van der Waals surface area contributed by atoms with Crippen molar-refractivity contribution in [2.24, 2.45) is 0 Å². The van der Waals surface area contributed by atoms with Gasteiger partial charge >= 0.3 is 0 Å². The van der Waals surface area contributed by atoms with Crippen LogP contribution in [0, 0.1) is 0 Å². The van der Waals surface area contributed by atoms with Crippen LogP contribution >= 0.6 is 15.9 Å². The minimum absolute atomic E-state index is 0.141. The first-order chi connectivity index (χ1) is 8.07. The maximum atomic E-state index is 11.3. The van der Waals surface area contributed by atoms with E-state index in [1.54, 1.807) is 0 Å². The van der Waals surface area contributed by atoms with Crippen molar-refractivity contribution in [2.45, 2.75) is 18.9 Å². The third-order valence-electron chi connectivity index (χ3n) is 3.02. The highest BCUT2D eigenvalue weighted by Gasteiger charge is 2.26. The number of sulfone groups is 1. The molecule has 0 amide bonds. The normalized spacial score (nSPS) is 22.8. The van der Waals surface area contributed by atoms with Crippen LogP contribution in [-0.4, -0.2) is 32.5 Å². The molecular formula is C12H16BrNO2S. The number of halogens is 1. The van der Waals surface area contributed by atoms with Crippen molar-refractivity contribution < 1.29 is 8.42 Å². The summed E-state index contributed by atoms with van der Waals surface area (Å²) in [5, 5.41) is 3.31. The van der Waals surface area contributed by atoms with Crippen LogP contribution in [0.2, 0.25) is 0 Å². The monoisotopic (exact) mass is 317 g/mol. The van der Waals surface area contributed by atoms with Crippen LogP contribution in [0.3, 0.4) is 0 Å². The van der Waals surface area contributed by atoms with E-state index >= 15 is 0 Å². The van der Waals surface area contributed by atoms with Gasteiger partial charge in [0, 0.05) is 10.5 Å². The van der Waals surface area contributed by atoms with Gasteiger partial charge in [0.2, 0.25) is 0 Å². The van der Waals surface area contributed by atoms with Gasteiger partial charge < -0.3 is 5.32 Å². The molecular weight excluding hydrogens is 302 g/mol. The molecule has 1 unspecified atom stereocenters. The zero-order valence-electron chi connectivity index (χ0n) is 9.52. The number of benzene rings is 1. The average Bonchev–Trinajstić information content (AvgIpc) is 2.61. The summed E-state index contributed by atoms with van der Waals surface area (Å²) in [6.07, 6.45) is 1.66. The van der Waals surface area contributed by atoms with Crippen LogP contribution < -0.4 is 5.32 Å². The highest BCUT2D eigenvalue weighted by molar-refractivity contribution is 9.10. The third-order valence-corrected chi connectivity index (χ3v) is 5.56. The predicted molar refractivity (Wildman–Crippen MR) is 72.9 cm³/mol. The second kappa shape index (κ2) is 5.50. The molecule has 0 aliphatic carbocycles. The molecule has 1 aromatic rings. The van der Waals surface area contributed by atoms with Crippen molar-refractivity contribution in [2.75, 3.05) is 18.1 Å². The molecule has 17 heavy (non-hydrogen) atoms. The lowest BCUT2D eigenvalue weighted by molar-refractivity contribution is 0.556. The van der Waals surface area contributed by atoms with Crippen molar-refractivity contribution in [3.05, 3.63) is 34.3 Å². The maximum Gasteiger partial charge on any atom is 0.151 e. The summed E-state index contributed by atoms with van der Waals surface area (Å²) in [5.74, 6) is 0.628. The Kier molecular flexibility index (Phi) is 4.22. The smallest absolute Gasteiger partial charge is 0.151 e. The molecule has 3 nitrogen and oxygen atoms in total. The SMILES string of the molecule is O=S1(=O)CCC(NCCc2ccccc2Br)C1. The van der Waals surface area contributed by atoms with Gasteiger partial charge in [-0.1, -0.05) is 34.1 Å². The Morgan fingerprint density at radius 2 is 2.12 bits per heavy atom. The molecule has 5 heteroatoms. The average molecular weight is 318 g/mol. The first kappa shape index (κ1) is 13.1. The highest BCUT2D eigenvalue weighted by atomic mass is 79.9. The van der Waals surface area contributed by atoms with E-state index in [9.17, 15) is 8.42 Å². The highest BCUT2D eigenvalue weighted by Crippen LogP contribution is 2.16. The molecule has 1 fully saturated rings. The van der Waals surface area contributed by atoms with Crippen LogP contribution in [0.25, 0.3) is 0 Å². The predicted octanol–water partition coefficient (Wildman–Crippen LogP) is 1.77. The summed E-state index contributed by atoms with van der Waals surface area (Å²) in [7, 11) is -2.77. The summed E-state index contributed by atoms with van der Waals surface area (Å²) in [6.45, 7) is 0.822. The first-order valence-electron chi connectivity index (χ1n) is 5.74. The quantitative estimate of drug-likeness (QED) is 0.920. The number of rotatable bonds is 4. The Hall–Kier alpha value is -0.390. The Balaban J connectivity index is 1.79. The van der Waals surface area contributed by atoms with E-state index in [-0.39, 0.29) is 6.04 Å². The summed E-state index contributed by atoms with van der Waals surface area (Å²) in [6, 6.07) is 8.25. The number of hydrogen-bond donors (Lipinski definition) is 1. The van der Waals surface area contributed by atoms with Gasteiger partial charge in [0.25, 0.3) is 0 Å². The molecule has 1 atom stereocenters. The van der Waals surface area contributed by atoms with Gasteiger partial charge in [0.1, 0.15) is 0 Å². The fourth-order valence-electron chi connectivity index (χ4n) is 2.07. The fourth-order valence-corrected chi connectivity index (χ4v) is 4.26. The molecule has 0 radical (unpaired) electrons. The van der Waals surface area contributed by atoms with Crippen LogP contribution in [0.5, 0.6) is 0 Å². The molecule has 1 saturated heterocycles. The molecule has 2 rings (SSSR count). The summed E-state index contributed by atoms with van der Waals surface area (Å²) in [4.78, 5) is 0. The lowest BCUT2D eigenvalue weighted by atomic mass is 10.1. The topological polar surface area (TPSA) is 46.2 Å². The van der Waals surface area contributed by atoms with E-state index in [0.717, 1.165) is 23.9 Å². The molecule has 0 saturated carbocycles. The van der Waals surface area contributed by atoms with Crippen molar-refractivity contribution in [3.8, 4) is 0 Å². The van der Waals surface area contributed by atoms with Crippen molar-refractivity contribution >= 4 is 25.8 Å². The molecule has 0 bridgehead atoms. The molecule has 94 valence electrons. The summed E-state index contributed by atoms with van der Waals surface area (Å²) < 4.78 is 23.7. The Labute approximate surface area is 111 Å². The van der Waals surface area contributed by atoms with E-state index in [1.165, 1.54) is 5.56 Å². The van der Waals surface area contributed by atoms with Crippen molar-refractivity contribution in [1.82, 2.24) is 5.32 Å². The second-order valence-electron chi connectivity index (χ2n) is 4.40. The van der Waals surface area contributed by atoms with Crippen molar-refractivity contribution in [1.29, 1.82) is 0 Å². The molecule has 1 aromatic carbocycles. The van der Waals surface area contributed by atoms with Crippen LogP contribution in [0.4, 0.5) is 0 Å².